The van der Waals surface area contributed by atoms with Crippen molar-refractivity contribution in [3.05, 3.63) is 29.8 Å². The smallest absolute Gasteiger partial charge is 0.225 e. The Kier molecular flexibility index (Phi) is 5.18. The molecule has 5 nitrogen and oxygen atoms in total. The second-order valence-corrected chi connectivity index (χ2v) is 6.73. The van der Waals surface area contributed by atoms with E-state index in [4.69, 9.17) is 10.5 Å². The van der Waals surface area contributed by atoms with E-state index in [0.717, 1.165) is 45.6 Å². The van der Waals surface area contributed by atoms with Crippen molar-refractivity contribution in [3.63, 3.8) is 0 Å². The summed E-state index contributed by atoms with van der Waals surface area (Å²) in [4.78, 5) is 16.6. The third-order valence-electron chi connectivity index (χ3n) is 4.93. The maximum atomic E-state index is 12.5. The number of hydrogen-bond donors (Lipinski definition) is 1. The first-order chi connectivity index (χ1) is 11.1. The highest BCUT2D eigenvalue weighted by atomic mass is 16.5. The molecule has 0 unspecified atom stereocenters. The molecule has 1 saturated carbocycles. The molecule has 1 amide bonds. The molecule has 2 fully saturated rings. The van der Waals surface area contributed by atoms with Crippen molar-refractivity contribution in [2.45, 2.75) is 31.8 Å². The molecule has 2 atom stereocenters. The first-order valence-corrected chi connectivity index (χ1v) is 8.55. The number of rotatable bonds is 4. The lowest BCUT2D eigenvalue weighted by molar-refractivity contribution is -0.134. The van der Waals surface area contributed by atoms with Crippen LogP contribution in [0.1, 0.15) is 24.8 Å². The Labute approximate surface area is 138 Å². The van der Waals surface area contributed by atoms with Crippen molar-refractivity contribution >= 4 is 11.6 Å². The third kappa shape index (κ3) is 4.03. The summed E-state index contributed by atoms with van der Waals surface area (Å²) in [5.74, 6) is 0.345. The zero-order chi connectivity index (χ0) is 16.2. The molecule has 0 radical (unpaired) electrons. The summed E-state index contributed by atoms with van der Waals surface area (Å²) in [6.45, 7) is 4.14. The van der Waals surface area contributed by atoms with Crippen molar-refractivity contribution in [3.8, 4) is 0 Å². The predicted octanol–water partition coefficient (Wildman–Crippen LogP) is 1.61. The number of carbonyl (C=O) groups excluding carboxylic acids is 1. The topological polar surface area (TPSA) is 58.8 Å². The normalized spacial score (nSPS) is 24.7. The lowest BCUT2D eigenvalue weighted by Gasteiger charge is -2.29. The fourth-order valence-electron chi connectivity index (χ4n) is 3.54. The van der Waals surface area contributed by atoms with Crippen LogP contribution in [0.3, 0.4) is 0 Å². The molecule has 1 aromatic carbocycles. The molecule has 1 saturated heterocycles. The summed E-state index contributed by atoms with van der Waals surface area (Å²) < 4.78 is 5.39. The number of morpholine rings is 1. The van der Waals surface area contributed by atoms with Crippen LogP contribution in [0.25, 0.3) is 0 Å². The Bertz CT molecular complexity index is 526. The Balaban J connectivity index is 1.56. The second-order valence-electron chi connectivity index (χ2n) is 6.73. The minimum Gasteiger partial charge on any atom is -0.378 e. The summed E-state index contributed by atoms with van der Waals surface area (Å²) in [5.41, 5.74) is 8.32. The maximum Gasteiger partial charge on any atom is 0.225 e. The Hall–Kier alpha value is -1.59. The Morgan fingerprint density at radius 1 is 1.26 bits per heavy atom. The summed E-state index contributed by atoms with van der Waals surface area (Å²) in [6.07, 6.45) is 2.73. The van der Waals surface area contributed by atoms with Gasteiger partial charge in [-0.1, -0.05) is 12.1 Å². The summed E-state index contributed by atoms with van der Waals surface area (Å²) in [5, 5.41) is 0. The van der Waals surface area contributed by atoms with E-state index in [9.17, 15) is 4.79 Å². The predicted molar refractivity (Wildman–Crippen MR) is 91.3 cm³/mol. The first kappa shape index (κ1) is 16.3. The van der Waals surface area contributed by atoms with E-state index in [0.29, 0.717) is 6.54 Å². The van der Waals surface area contributed by atoms with Gasteiger partial charge in [0.05, 0.1) is 13.2 Å². The molecule has 2 N–H and O–H groups in total. The molecule has 0 aromatic heterocycles. The van der Waals surface area contributed by atoms with Crippen molar-refractivity contribution in [2.75, 3.05) is 38.3 Å². The summed E-state index contributed by atoms with van der Waals surface area (Å²) >= 11 is 0. The number of nitrogens with zero attached hydrogens (tertiary/aromatic N) is 2. The average Bonchev–Trinajstić information content (AvgIpc) is 3.02. The number of carbonyl (C=O) groups is 1. The van der Waals surface area contributed by atoms with Crippen LogP contribution in [0.15, 0.2) is 24.3 Å². The minimum absolute atomic E-state index is 0.114. The third-order valence-corrected chi connectivity index (χ3v) is 4.93. The van der Waals surface area contributed by atoms with E-state index in [2.05, 4.69) is 29.2 Å². The molecule has 3 rings (SSSR count). The zero-order valence-electron chi connectivity index (χ0n) is 13.9. The van der Waals surface area contributed by atoms with Gasteiger partial charge in [-0.3, -0.25) is 4.79 Å². The van der Waals surface area contributed by atoms with Gasteiger partial charge in [0.25, 0.3) is 0 Å². The van der Waals surface area contributed by atoms with Crippen molar-refractivity contribution in [2.24, 2.45) is 11.7 Å². The van der Waals surface area contributed by atoms with Crippen LogP contribution >= 0.6 is 0 Å². The van der Waals surface area contributed by atoms with E-state index < -0.39 is 0 Å². The van der Waals surface area contributed by atoms with E-state index >= 15 is 0 Å². The minimum atomic E-state index is 0.114. The molecule has 1 heterocycles. The van der Waals surface area contributed by atoms with Crippen LogP contribution in [0.2, 0.25) is 0 Å². The SMILES string of the molecule is CN(Cc1ccc(N2CCOCC2)cc1)C(=O)[C@H]1CC[C@H](N)C1. The quantitative estimate of drug-likeness (QED) is 0.916. The van der Waals surface area contributed by atoms with E-state index in [1.165, 1.54) is 11.3 Å². The molecule has 0 spiro atoms. The zero-order valence-corrected chi connectivity index (χ0v) is 13.9. The fraction of sp³-hybridized carbons (Fsp3) is 0.611. The van der Waals surface area contributed by atoms with Gasteiger partial charge in [-0.25, -0.2) is 0 Å². The highest BCUT2D eigenvalue weighted by Gasteiger charge is 2.29. The second kappa shape index (κ2) is 7.32. The lowest BCUT2D eigenvalue weighted by Crippen LogP contribution is -2.36. The Morgan fingerprint density at radius 3 is 2.57 bits per heavy atom. The van der Waals surface area contributed by atoms with Crippen LogP contribution in [0.4, 0.5) is 5.69 Å². The van der Waals surface area contributed by atoms with Crippen LogP contribution in [-0.2, 0) is 16.1 Å². The highest BCUT2D eigenvalue weighted by molar-refractivity contribution is 5.79. The number of hydrogen-bond acceptors (Lipinski definition) is 4. The van der Waals surface area contributed by atoms with Gasteiger partial charge >= 0.3 is 0 Å². The molecule has 1 aromatic rings. The average molecular weight is 317 g/mol. The molecule has 5 heteroatoms. The van der Waals surface area contributed by atoms with E-state index in [1.54, 1.807) is 0 Å². The highest BCUT2D eigenvalue weighted by Crippen LogP contribution is 2.26. The van der Waals surface area contributed by atoms with E-state index in [-0.39, 0.29) is 17.9 Å². The largest absolute Gasteiger partial charge is 0.378 e. The van der Waals surface area contributed by atoms with Gasteiger partial charge in [-0.15, -0.1) is 0 Å². The fourth-order valence-corrected chi connectivity index (χ4v) is 3.54. The molecule has 1 aliphatic heterocycles. The van der Waals surface area contributed by atoms with Gasteiger partial charge in [-0.2, -0.15) is 0 Å². The van der Waals surface area contributed by atoms with Crippen LogP contribution in [0.5, 0.6) is 0 Å². The van der Waals surface area contributed by atoms with Crippen molar-refractivity contribution < 1.29 is 9.53 Å². The van der Waals surface area contributed by atoms with Gasteiger partial charge in [0, 0.05) is 44.3 Å². The molecule has 2 aliphatic rings. The lowest BCUT2D eigenvalue weighted by atomic mass is 10.1. The van der Waals surface area contributed by atoms with Crippen molar-refractivity contribution in [1.29, 1.82) is 0 Å². The van der Waals surface area contributed by atoms with Crippen molar-refractivity contribution in [1.82, 2.24) is 4.90 Å². The summed E-state index contributed by atoms with van der Waals surface area (Å²) in [7, 11) is 1.89. The number of benzene rings is 1. The number of ether oxygens (including phenoxy) is 1. The maximum absolute atomic E-state index is 12.5. The van der Waals surface area contributed by atoms with Gasteiger partial charge in [-0.05, 0) is 37.0 Å². The molecule has 126 valence electrons. The number of anilines is 1. The van der Waals surface area contributed by atoms with Crippen LogP contribution in [0, 0.1) is 5.92 Å². The first-order valence-electron chi connectivity index (χ1n) is 8.55. The molecule has 0 bridgehead atoms. The monoisotopic (exact) mass is 317 g/mol. The van der Waals surface area contributed by atoms with Gasteiger partial charge in [0.15, 0.2) is 0 Å². The summed E-state index contributed by atoms with van der Waals surface area (Å²) in [6, 6.07) is 8.73. The van der Waals surface area contributed by atoms with E-state index in [1.807, 2.05) is 11.9 Å². The number of amides is 1. The van der Waals surface area contributed by atoms with Gasteiger partial charge in [0.1, 0.15) is 0 Å². The van der Waals surface area contributed by atoms with Crippen LogP contribution < -0.4 is 10.6 Å². The Morgan fingerprint density at radius 2 is 1.96 bits per heavy atom. The molecule has 1 aliphatic carbocycles. The van der Waals surface area contributed by atoms with Gasteiger partial charge < -0.3 is 20.3 Å². The van der Waals surface area contributed by atoms with Crippen LogP contribution in [-0.4, -0.2) is 50.2 Å². The standard InChI is InChI=1S/C18H27N3O2/c1-20(18(22)15-4-5-16(19)12-15)13-14-2-6-17(7-3-14)21-8-10-23-11-9-21/h2-3,6-7,15-16H,4-5,8-13,19H2,1H3/t15-,16-/m0/s1. The molecule has 23 heavy (non-hydrogen) atoms. The van der Waals surface area contributed by atoms with Gasteiger partial charge in [0.2, 0.25) is 5.91 Å². The number of nitrogens with two attached hydrogens (primary N) is 1. The molecular weight excluding hydrogens is 290 g/mol. The molecular formula is C18H27N3O2.